The van der Waals surface area contributed by atoms with Crippen LogP contribution < -0.4 is 15.3 Å². The van der Waals surface area contributed by atoms with E-state index in [1.807, 2.05) is 18.2 Å². The van der Waals surface area contributed by atoms with Crippen LogP contribution in [-0.2, 0) is 0 Å². The lowest BCUT2D eigenvalue weighted by Gasteiger charge is -2.28. The van der Waals surface area contributed by atoms with Crippen LogP contribution in [0.3, 0.4) is 0 Å². The van der Waals surface area contributed by atoms with Gasteiger partial charge < -0.3 is 9.32 Å². The zero-order valence-corrected chi connectivity index (χ0v) is 29.8. The topological polar surface area (TPSA) is 16.4 Å². The third-order valence-corrected chi connectivity index (χ3v) is 10.1. The van der Waals surface area contributed by atoms with Crippen molar-refractivity contribution in [3.8, 4) is 44.5 Å². The molecule has 0 bridgehead atoms. The van der Waals surface area contributed by atoms with E-state index in [-0.39, 0.29) is 0 Å². The van der Waals surface area contributed by atoms with Gasteiger partial charge in [0.1, 0.15) is 11.3 Å². The van der Waals surface area contributed by atoms with E-state index in [1.54, 1.807) is 0 Å². The van der Waals surface area contributed by atoms with Crippen molar-refractivity contribution in [1.82, 2.24) is 0 Å². The number of furan rings is 1. The maximum Gasteiger partial charge on any atom is 0.134 e. The van der Waals surface area contributed by atoms with Crippen LogP contribution in [-0.4, -0.2) is 0 Å². The first-order valence-electron chi connectivity index (χ1n) is 18.3. The van der Waals surface area contributed by atoms with Gasteiger partial charge >= 0.3 is 0 Å². The molecule has 0 spiro atoms. The molecule has 0 unspecified atom stereocenters. The average Bonchev–Trinajstić information content (AvgIpc) is 3.66. The number of nitrogens with zero attached hydrogens (tertiary/aromatic N) is 1. The number of benzene rings is 8. The Hall–Kier alpha value is -7.16. The predicted molar refractivity (Wildman–Crippen MR) is 227 cm³/mol. The minimum Gasteiger partial charge on any atom is -0.457 e. The molecule has 9 aromatic rings. The number of anilines is 3. The van der Waals surface area contributed by atoms with Crippen LogP contribution in [0.25, 0.3) is 68.1 Å². The SMILES string of the molecule is C=c1c(-c2ccccc2N(c2ccc(-c3ccccc3)cc2)c2ccc(-c3cccc(-c4ccccc4)c3)cc2)ccc/c1=C/c1cc2ccccc2o1. The van der Waals surface area contributed by atoms with Gasteiger partial charge in [0, 0.05) is 22.3 Å². The van der Waals surface area contributed by atoms with E-state index in [0.717, 1.165) is 60.9 Å². The fraction of sp³-hybridized carbons (Fsp3) is 0. The predicted octanol–water partition coefficient (Wildman–Crippen LogP) is 12.8. The summed E-state index contributed by atoms with van der Waals surface area (Å²) in [6, 6.07) is 72.7. The molecule has 0 amide bonds. The lowest BCUT2D eigenvalue weighted by Crippen LogP contribution is -2.25. The summed E-state index contributed by atoms with van der Waals surface area (Å²) in [6.45, 7) is 4.62. The van der Waals surface area contributed by atoms with Crippen molar-refractivity contribution in [3.05, 3.63) is 222 Å². The maximum atomic E-state index is 6.17. The monoisotopic (exact) mass is 691 g/mol. The van der Waals surface area contributed by atoms with Gasteiger partial charge in [0.25, 0.3) is 0 Å². The smallest absolute Gasteiger partial charge is 0.134 e. The number of hydrogen-bond acceptors (Lipinski definition) is 2. The molecule has 2 nitrogen and oxygen atoms in total. The van der Waals surface area contributed by atoms with E-state index in [2.05, 4.69) is 206 Å². The van der Waals surface area contributed by atoms with Crippen LogP contribution >= 0.6 is 0 Å². The first kappa shape index (κ1) is 32.7. The normalized spacial score (nSPS) is 11.5. The maximum absolute atomic E-state index is 6.17. The molecule has 0 radical (unpaired) electrons. The van der Waals surface area contributed by atoms with E-state index in [9.17, 15) is 0 Å². The molecule has 0 aliphatic heterocycles. The van der Waals surface area contributed by atoms with Gasteiger partial charge in [-0.15, -0.1) is 0 Å². The molecule has 0 fully saturated rings. The fourth-order valence-electron chi connectivity index (χ4n) is 7.29. The van der Waals surface area contributed by atoms with Gasteiger partial charge in [-0.05, 0) is 104 Å². The highest BCUT2D eigenvalue weighted by Crippen LogP contribution is 2.41. The van der Waals surface area contributed by atoms with Crippen molar-refractivity contribution < 1.29 is 4.42 Å². The van der Waals surface area contributed by atoms with Crippen LogP contribution in [0, 0.1) is 0 Å². The second kappa shape index (κ2) is 14.5. The highest BCUT2D eigenvalue weighted by molar-refractivity contribution is 5.89. The molecule has 0 N–H and O–H groups in total. The Bertz CT molecular complexity index is 2780. The van der Waals surface area contributed by atoms with E-state index in [4.69, 9.17) is 4.42 Å². The lowest BCUT2D eigenvalue weighted by atomic mass is 9.97. The molecule has 8 aromatic carbocycles. The Morgan fingerprint density at radius 2 is 0.907 bits per heavy atom. The van der Waals surface area contributed by atoms with Gasteiger partial charge in [0.05, 0.1) is 5.69 Å². The number of rotatable bonds is 8. The van der Waals surface area contributed by atoms with E-state index >= 15 is 0 Å². The Labute approximate surface area is 315 Å². The van der Waals surface area contributed by atoms with Crippen molar-refractivity contribution in [3.63, 3.8) is 0 Å². The molecule has 0 aliphatic carbocycles. The molecule has 0 saturated heterocycles. The molecule has 0 aliphatic rings. The van der Waals surface area contributed by atoms with E-state index < -0.39 is 0 Å². The number of hydrogen-bond donors (Lipinski definition) is 0. The zero-order valence-electron chi connectivity index (χ0n) is 29.8. The number of para-hydroxylation sites is 2. The minimum absolute atomic E-state index is 0.807. The third kappa shape index (κ3) is 6.53. The fourth-order valence-corrected chi connectivity index (χ4v) is 7.29. The summed E-state index contributed by atoms with van der Waals surface area (Å²) in [5, 5.41) is 3.04. The Morgan fingerprint density at radius 3 is 1.57 bits per heavy atom. The molecular weight excluding hydrogens is 655 g/mol. The molecule has 54 heavy (non-hydrogen) atoms. The van der Waals surface area contributed by atoms with Gasteiger partial charge in [-0.25, -0.2) is 0 Å². The highest BCUT2D eigenvalue weighted by atomic mass is 16.3. The van der Waals surface area contributed by atoms with Crippen LogP contribution in [0.2, 0.25) is 0 Å². The lowest BCUT2D eigenvalue weighted by molar-refractivity contribution is 0.604. The summed E-state index contributed by atoms with van der Waals surface area (Å²) >= 11 is 0. The van der Waals surface area contributed by atoms with Gasteiger partial charge in [-0.3, -0.25) is 0 Å². The van der Waals surface area contributed by atoms with Gasteiger partial charge in [0.15, 0.2) is 0 Å². The first-order chi connectivity index (χ1) is 26.7. The van der Waals surface area contributed by atoms with Crippen molar-refractivity contribution in [1.29, 1.82) is 0 Å². The second-order valence-corrected chi connectivity index (χ2v) is 13.5. The first-order valence-corrected chi connectivity index (χ1v) is 18.3. The van der Waals surface area contributed by atoms with Crippen molar-refractivity contribution in [2.24, 2.45) is 0 Å². The Balaban J connectivity index is 1.15. The second-order valence-electron chi connectivity index (χ2n) is 13.5. The van der Waals surface area contributed by atoms with Crippen molar-refractivity contribution >= 4 is 40.7 Å². The van der Waals surface area contributed by atoms with Crippen LogP contribution in [0.5, 0.6) is 0 Å². The van der Waals surface area contributed by atoms with Crippen LogP contribution in [0.1, 0.15) is 5.76 Å². The molecule has 256 valence electrons. The van der Waals surface area contributed by atoms with Gasteiger partial charge in [0.2, 0.25) is 0 Å². The summed E-state index contributed by atoms with van der Waals surface area (Å²) in [5.41, 5.74) is 13.4. The Morgan fingerprint density at radius 1 is 0.407 bits per heavy atom. The molecule has 9 rings (SSSR count). The highest BCUT2D eigenvalue weighted by Gasteiger charge is 2.18. The molecule has 0 atom stereocenters. The molecule has 1 heterocycles. The zero-order chi connectivity index (χ0) is 36.3. The summed E-state index contributed by atoms with van der Waals surface area (Å²) in [4.78, 5) is 2.35. The minimum atomic E-state index is 0.807. The van der Waals surface area contributed by atoms with Gasteiger partial charge in [-0.1, -0.05) is 164 Å². The Kier molecular flexibility index (Phi) is 8.76. The molecule has 2 heteroatoms. The van der Waals surface area contributed by atoms with Crippen LogP contribution in [0.15, 0.2) is 211 Å². The third-order valence-electron chi connectivity index (χ3n) is 10.1. The quantitative estimate of drug-likeness (QED) is 0.158. The van der Waals surface area contributed by atoms with E-state index in [0.29, 0.717) is 0 Å². The van der Waals surface area contributed by atoms with Crippen molar-refractivity contribution in [2.45, 2.75) is 0 Å². The van der Waals surface area contributed by atoms with Crippen LogP contribution in [0.4, 0.5) is 17.1 Å². The summed E-state index contributed by atoms with van der Waals surface area (Å²) in [5.74, 6) is 0.807. The largest absolute Gasteiger partial charge is 0.457 e. The number of fused-ring (bicyclic) bond motifs is 1. The summed E-state index contributed by atoms with van der Waals surface area (Å²) in [6.07, 6.45) is 2.08. The standard InChI is InChI=1S/C52H37NO/c1-37-42(35-48-36-45-18-8-11-25-52(45)54-48)19-13-23-49(37)50-22-9-10-24-51(50)53(46-30-26-40(27-31-46)38-14-4-2-5-15-38)47-32-28-41(29-33-47)44-21-12-20-43(34-44)39-16-6-3-7-17-39/h2-36H,1H2/b42-35-. The van der Waals surface area contributed by atoms with Crippen molar-refractivity contribution in [2.75, 3.05) is 4.90 Å². The van der Waals surface area contributed by atoms with E-state index in [1.165, 1.54) is 27.8 Å². The molecular formula is C52H37NO. The summed E-state index contributed by atoms with van der Waals surface area (Å²) < 4.78 is 6.17. The molecule has 0 saturated carbocycles. The van der Waals surface area contributed by atoms with Gasteiger partial charge in [-0.2, -0.15) is 0 Å². The summed E-state index contributed by atoms with van der Waals surface area (Å²) in [7, 11) is 0. The molecule has 1 aromatic heterocycles. The average molecular weight is 692 g/mol.